The highest BCUT2D eigenvalue weighted by Crippen LogP contribution is 2.20. The lowest BCUT2D eigenvalue weighted by Crippen LogP contribution is -2.11. The first-order valence-corrected chi connectivity index (χ1v) is 4.98. The van der Waals surface area contributed by atoms with E-state index in [1.165, 1.54) is 16.8 Å². The van der Waals surface area contributed by atoms with Gasteiger partial charge in [0.25, 0.3) is 0 Å². The van der Waals surface area contributed by atoms with E-state index in [1.54, 1.807) is 0 Å². The second-order valence-electron chi connectivity index (χ2n) is 3.56. The van der Waals surface area contributed by atoms with Crippen LogP contribution in [0.5, 0.6) is 0 Å². The second-order valence-corrected chi connectivity index (χ2v) is 3.56. The number of benzene rings is 1. The van der Waals surface area contributed by atoms with Crippen molar-refractivity contribution in [2.45, 2.75) is 26.7 Å². The minimum Gasteiger partial charge on any atom is -0.377 e. The van der Waals surface area contributed by atoms with Gasteiger partial charge in [0, 0.05) is 19.8 Å². The van der Waals surface area contributed by atoms with Crippen LogP contribution in [0.2, 0.25) is 0 Å². The molecule has 0 spiro atoms. The molecule has 0 saturated heterocycles. The van der Waals surface area contributed by atoms with Gasteiger partial charge in [0.15, 0.2) is 0 Å². The molecule has 0 unspecified atom stereocenters. The Kier molecular flexibility index (Phi) is 3.35. The molecule has 1 heteroatoms. The predicted octanol–water partition coefficient (Wildman–Crippen LogP) is 2.88. The molecule has 1 rings (SSSR count). The van der Waals surface area contributed by atoms with Crippen LogP contribution < -0.4 is 4.90 Å². The maximum Gasteiger partial charge on any atom is 0.0393 e. The van der Waals surface area contributed by atoms with Crippen molar-refractivity contribution in [2.75, 3.05) is 19.0 Å². The SMILES string of the molecule is CCc1ccc(N(C)C)c(CC)c1. The van der Waals surface area contributed by atoms with Gasteiger partial charge in [-0.2, -0.15) is 0 Å². The van der Waals surface area contributed by atoms with Crippen molar-refractivity contribution in [2.24, 2.45) is 0 Å². The van der Waals surface area contributed by atoms with Gasteiger partial charge in [0.05, 0.1) is 0 Å². The van der Waals surface area contributed by atoms with Crippen LogP contribution in [0.3, 0.4) is 0 Å². The molecular formula is C12H19N. The normalized spacial score (nSPS) is 10.2. The van der Waals surface area contributed by atoms with E-state index in [9.17, 15) is 0 Å². The molecule has 0 bridgehead atoms. The van der Waals surface area contributed by atoms with Gasteiger partial charge in [-0.1, -0.05) is 26.0 Å². The number of rotatable bonds is 3. The van der Waals surface area contributed by atoms with Gasteiger partial charge >= 0.3 is 0 Å². The number of hydrogen-bond donors (Lipinski definition) is 0. The summed E-state index contributed by atoms with van der Waals surface area (Å²) in [5.74, 6) is 0. The van der Waals surface area contributed by atoms with E-state index in [0.717, 1.165) is 12.8 Å². The van der Waals surface area contributed by atoms with Crippen molar-refractivity contribution in [3.63, 3.8) is 0 Å². The third-order valence-electron chi connectivity index (χ3n) is 2.41. The van der Waals surface area contributed by atoms with Crippen molar-refractivity contribution < 1.29 is 0 Å². The largest absolute Gasteiger partial charge is 0.377 e. The van der Waals surface area contributed by atoms with Crippen molar-refractivity contribution in [1.29, 1.82) is 0 Å². The van der Waals surface area contributed by atoms with Crippen LogP contribution in [0.4, 0.5) is 5.69 Å². The van der Waals surface area contributed by atoms with Crippen molar-refractivity contribution in [3.8, 4) is 0 Å². The van der Waals surface area contributed by atoms with Crippen LogP contribution in [0.25, 0.3) is 0 Å². The minimum atomic E-state index is 1.11. The smallest absolute Gasteiger partial charge is 0.0393 e. The standard InChI is InChI=1S/C12H19N/c1-5-10-7-8-12(13(3)4)11(6-2)9-10/h7-9H,5-6H2,1-4H3. The quantitative estimate of drug-likeness (QED) is 0.686. The summed E-state index contributed by atoms with van der Waals surface area (Å²) in [4.78, 5) is 2.18. The number of hydrogen-bond acceptors (Lipinski definition) is 1. The lowest BCUT2D eigenvalue weighted by Gasteiger charge is -2.17. The van der Waals surface area contributed by atoms with Crippen LogP contribution in [0, 0.1) is 0 Å². The summed E-state index contributed by atoms with van der Waals surface area (Å²) in [6, 6.07) is 6.75. The Morgan fingerprint density at radius 2 is 1.77 bits per heavy atom. The molecule has 0 aromatic heterocycles. The Labute approximate surface area is 81.4 Å². The summed E-state index contributed by atoms with van der Waals surface area (Å²) in [5, 5.41) is 0. The van der Waals surface area contributed by atoms with Gasteiger partial charge in [-0.25, -0.2) is 0 Å². The molecular weight excluding hydrogens is 158 g/mol. The molecule has 1 nitrogen and oxygen atoms in total. The zero-order valence-electron chi connectivity index (χ0n) is 9.09. The summed E-state index contributed by atoms with van der Waals surface area (Å²) in [6.45, 7) is 4.41. The Balaban J connectivity index is 3.08. The molecule has 0 heterocycles. The molecule has 13 heavy (non-hydrogen) atoms. The molecule has 1 aromatic rings. The molecule has 0 amide bonds. The third-order valence-corrected chi connectivity index (χ3v) is 2.41. The van der Waals surface area contributed by atoms with Crippen molar-refractivity contribution in [3.05, 3.63) is 29.3 Å². The summed E-state index contributed by atoms with van der Waals surface area (Å²) >= 11 is 0. The van der Waals surface area contributed by atoms with E-state index in [2.05, 4.69) is 51.0 Å². The van der Waals surface area contributed by atoms with Gasteiger partial charge in [-0.3, -0.25) is 0 Å². The molecule has 72 valence electrons. The Morgan fingerprint density at radius 3 is 2.23 bits per heavy atom. The van der Waals surface area contributed by atoms with E-state index >= 15 is 0 Å². The van der Waals surface area contributed by atoms with Crippen LogP contribution in [-0.2, 0) is 12.8 Å². The van der Waals surface area contributed by atoms with Crippen LogP contribution in [0.15, 0.2) is 18.2 Å². The maximum absolute atomic E-state index is 2.31. The average molecular weight is 177 g/mol. The van der Waals surface area contributed by atoms with Crippen molar-refractivity contribution >= 4 is 5.69 Å². The van der Waals surface area contributed by atoms with Crippen molar-refractivity contribution in [1.82, 2.24) is 0 Å². The van der Waals surface area contributed by atoms with Crippen LogP contribution in [0.1, 0.15) is 25.0 Å². The Morgan fingerprint density at radius 1 is 1.08 bits per heavy atom. The van der Waals surface area contributed by atoms with Gasteiger partial charge in [0.1, 0.15) is 0 Å². The lowest BCUT2D eigenvalue weighted by atomic mass is 10.0. The molecule has 0 saturated carbocycles. The van der Waals surface area contributed by atoms with Gasteiger partial charge in [-0.15, -0.1) is 0 Å². The highest BCUT2D eigenvalue weighted by molar-refractivity contribution is 5.54. The van der Waals surface area contributed by atoms with Crippen LogP contribution in [-0.4, -0.2) is 14.1 Å². The average Bonchev–Trinajstić information content (AvgIpc) is 2.16. The first-order valence-electron chi connectivity index (χ1n) is 4.98. The first kappa shape index (κ1) is 10.1. The van der Waals surface area contributed by atoms with Gasteiger partial charge in [-0.05, 0) is 30.0 Å². The van der Waals surface area contributed by atoms with Gasteiger partial charge < -0.3 is 4.90 Å². The van der Waals surface area contributed by atoms with Crippen LogP contribution >= 0.6 is 0 Å². The highest BCUT2D eigenvalue weighted by Gasteiger charge is 2.02. The fourth-order valence-electron chi connectivity index (χ4n) is 1.58. The lowest BCUT2D eigenvalue weighted by molar-refractivity contribution is 1.04. The summed E-state index contributed by atoms with van der Waals surface area (Å²) in [7, 11) is 4.19. The first-order chi connectivity index (χ1) is 6.19. The third kappa shape index (κ3) is 2.24. The molecule has 0 aliphatic rings. The maximum atomic E-state index is 2.31. The Bertz CT molecular complexity index is 276. The summed E-state index contributed by atoms with van der Waals surface area (Å²) in [5.41, 5.74) is 4.23. The number of anilines is 1. The van der Waals surface area contributed by atoms with E-state index < -0.39 is 0 Å². The summed E-state index contributed by atoms with van der Waals surface area (Å²) in [6.07, 6.45) is 2.24. The number of aryl methyl sites for hydroxylation is 2. The zero-order valence-corrected chi connectivity index (χ0v) is 9.09. The fraction of sp³-hybridized carbons (Fsp3) is 0.500. The minimum absolute atomic E-state index is 1.11. The zero-order chi connectivity index (χ0) is 9.84. The fourth-order valence-corrected chi connectivity index (χ4v) is 1.58. The molecule has 0 atom stereocenters. The molecule has 0 aliphatic carbocycles. The summed E-state index contributed by atoms with van der Waals surface area (Å²) < 4.78 is 0. The van der Waals surface area contributed by atoms with E-state index in [0.29, 0.717) is 0 Å². The molecule has 0 N–H and O–H groups in total. The van der Waals surface area contributed by atoms with E-state index in [4.69, 9.17) is 0 Å². The molecule has 0 aliphatic heterocycles. The van der Waals surface area contributed by atoms with E-state index in [1.807, 2.05) is 0 Å². The second kappa shape index (κ2) is 4.31. The van der Waals surface area contributed by atoms with E-state index in [-0.39, 0.29) is 0 Å². The topological polar surface area (TPSA) is 3.24 Å². The monoisotopic (exact) mass is 177 g/mol. The number of nitrogens with zero attached hydrogens (tertiary/aromatic N) is 1. The predicted molar refractivity (Wildman–Crippen MR) is 59.5 cm³/mol. The molecule has 0 radical (unpaired) electrons. The van der Waals surface area contributed by atoms with Gasteiger partial charge in [0.2, 0.25) is 0 Å². The molecule has 1 aromatic carbocycles. The molecule has 0 fully saturated rings. The highest BCUT2D eigenvalue weighted by atomic mass is 15.1. The Hall–Kier alpha value is -0.980.